The minimum atomic E-state index is -4.52. The quantitative estimate of drug-likeness (QED) is 0.703. The SMILES string of the molecule is FC(F)(F)C1(c2nc(-c3ccccc3)no2)CCN(Cc2cnon2)C1. The second-order valence-electron chi connectivity index (χ2n) is 6.23. The lowest BCUT2D eigenvalue weighted by atomic mass is 9.86. The topological polar surface area (TPSA) is 81.1 Å². The number of nitrogens with zero attached hydrogens (tertiary/aromatic N) is 5. The molecule has 0 radical (unpaired) electrons. The number of rotatable bonds is 4. The normalized spacial score (nSPS) is 21.3. The van der Waals surface area contributed by atoms with Crippen molar-refractivity contribution in [2.45, 2.75) is 24.6 Å². The Morgan fingerprint density at radius 2 is 1.96 bits per heavy atom. The summed E-state index contributed by atoms with van der Waals surface area (Å²) in [5, 5.41) is 10.9. The standard InChI is InChI=1S/C16H14F3N5O2/c17-16(18,19)15(6-7-24(10-15)9-12-8-20-26-22-12)14-21-13(23-25-14)11-4-2-1-3-5-11/h1-5,8H,6-7,9-10H2. The van der Waals surface area contributed by atoms with E-state index in [0.717, 1.165) is 0 Å². The van der Waals surface area contributed by atoms with Gasteiger partial charge in [-0.25, -0.2) is 4.63 Å². The van der Waals surface area contributed by atoms with Crippen molar-refractivity contribution in [3.8, 4) is 11.4 Å². The van der Waals surface area contributed by atoms with Gasteiger partial charge in [0.2, 0.25) is 11.7 Å². The van der Waals surface area contributed by atoms with Crippen molar-refractivity contribution in [1.29, 1.82) is 0 Å². The number of hydrogen-bond acceptors (Lipinski definition) is 7. The van der Waals surface area contributed by atoms with E-state index in [-0.39, 0.29) is 31.9 Å². The van der Waals surface area contributed by atoms with Crippen LogP contribution < -0.4 is 0 Å². The van der Waals surface area contributed by atoms with E-state index in [1.165, 1.54) is 6.20 Å². The Labute approximate surface area is 145 Å². The van der Waals surface area contributed by atoms with Crippen molar-refractivity contribution in [1.82, 2.24) is 25.4 Å². The van der Waals surface area contributed by atoms with Crippen LogP contribution in [0.1, 0.15) is 18.0 Å². The minimum absolute atomic E-state index is 0.142. The summed E-state index contributed by atoms with van der Waals surface area (Å²) in [6.45, 7) is 0.135. The summed E-state index contributed by atoms with van der Waals surface area (Å²) in [6, 6.07) is 8.75. The van der Waals surface area contributed by atoms with Crippen molar-refractivity contribution < 1.29 is 22.3 Å². The molecule has 7 nitrogen and oxygen atoms in total. The zero-order valence-corrected chi connectivity index (χ0v) is 13.5. The van der Waals surface area contributed by atoms with Crippen LogP contribution >= 0.6 is 0 Å². The fraction of sp³-hybridized carbons (Fsp3) is 0.375. The summed E-state index contributed by atoms with van der Waals surface area (Å²) in [4.78, 5) is 5.69. The lowest BCUT2D eigenvalue weighted by molar-refractivity contribution is -0.193. The van der Waals surface area contributed by atoms with Gasteiger partial charge in [0.05, 0.1) is 6.20 Å². The number of likely N-dealkylation sites (tertiary alicyclic amines) is 1. The van der Waals surface area contributed by atoms with Crippen molar-refractivity contribution in [3.05, 3.63) is 48.1 Å². The molecule has 0 aliphatic carbocycles. The minimum Gasteiger partial charge on any atom is -0.338 e. The first-order valence-corrected chi connectivity index (χ1v) is 7.93. The molecule has 1 atom stereocenters. The van der Waals surface area contributed by atoms with Crippen LogP contribution in [0.4, 0.5) is 13.2 Å². The molecule has 0 N–H and O–H groups in total. The second kappa shape index (κ2) is 6.20. The predicted octanol–water partition coefficient (Wildman–Crippen LogP) is 2.83. The molecule has 0 bridgehead atoms. The largest absolute Gasteiger partial charge is 0.404 e. The summed E-state index contributed by atoms with van der Waals surface area (Å²) in [6.07, 6.45) is -3.31. The van der Waals surface area contributed by atoms with Gasteiger partial charge < -0.3 is 4.52 Å². The first-order valence-electron chi connectivity index (χ1n) is 7.93. The van der Waals surface area contributed by atoms with Crippen molar-refractivity contribution in [2.24, 2.45) is 0 Å². The predicted molar refractivity (Wildman–Crippen MR) is 81.7 cm³/mol. The molecule has 3 aromatic rings. The molecule has 4 rings (SSSR count). The molecule has 0 amide bonds. The third-order valence-corrected chi connectivity index (χ3v) is 4.55. The van der Waals surface area contributed by atoms with Gasteiger partial charge in [-0.05, 0) is 6.42 Å². The number of alkyl halides is 3. The highest BCUT2D eigenvalue weighted by atomic mass is 19.4. The third-order valence-electron chi connectivity index (χ3n) is 4.55. The third kappa shape index (κ3) is 2.85. The molecule has 136 valence electrons. The van der Waals surface area contributed by atoms with Crippen molar-refractivity contribution in [2.75, 3.05) is 13.1 Å². The van der Waals surface area contributed by atoms with Crippen LogP contribution in [0.3, 0.4) is 0 Å². The first-order chi connectivity index (χ1) is 12.5. The molecular weight excluding hydrogens is 351 g/mol. The van der Waals surface area contributed by atoms with Crippen LogP contribution in [0.15, 0.2) is 45.7 Å². The van der Waals surface area contributed by atoms with E-state index >= 15 is 0 Å². The maximum atomic E-state index is 14.0. The monoisotopic (exact) mass is 365 g/mol. The van der Waals surface area contributed by atoms with Gasteiger partial charge in [0.1, 0.15) is 5.69 Å². The van der Waals surface area contributed by atoms with Gasteiger partial charge in [-0.15, -0.1) is 0 Å². The summed E-state index contributed by atoms with van der Waals surface area (Å²) in [7, 11) is 0. The fourth-order valence-corrected chi connectivity index (χ4v) is 3.16. The molecule has 1 fully saturated rings. The first kappa shape index (κ1) is 16.7. The molecule has 3 heterocycles. The molecule has 26 heavy (non-hydrogen) atoms. The van der Waals surface area contributed by atoms with Crippen LogP contribution in [-0.4, -0.2) is 44.6 Å². The molecular formula is C16H14F3N5O2. The number of benzene rings is 1. The molecule has 1 aliphatic heterocycles. The summed E-state index contributed by atoms with van der Waals surface area (Å²) in [5.74, 6) is -0.270. The Morgan fingerprint density at radius 3 is 2.65 bits per heavy atom. The van der Waals surface area contributed by atoms with Gasteiger partial charge >= 0.3 is 6.18 Å². The molecule has 0 saturated carbocycles. The molecule has 10 heteroatoms. The van der Waals surface area contributed by atoms with Gasteiger partial charge in [0.25, 0.3) is 0 Å². The average Bonchev–Trinajstić information content (AvgIpc) is 3.36. The molecule has 1 aromatic carbocycles. The van der Waals surface area contributed by atoms with Gasteiger partial charge in [0, 0.05) is 25.2 Å². The Morgan fingerprint density at radius 1 is 1.15 bits per heavy atom. The maximum Gasteiger partial charge on any atom is 0.404 e. The molecule has 1 saturated heterocycles. The second-order valence-corrected chi connectivity index (χ2v) is 6.23. The van der Waals surface area contributed by atoms with Gasteiger partial charge in [-0.1, -0.05) is 45.8 Å². The molecule has 2 aromatic heterocycles. The number of halogens is 3. The van der Waals surface area contributed by atoms with Crippen LogP contribution in [0.5, 0.6) is 0 Å². The van der Waals surface area contributed by atoms with Crippen LogP contribution in [0.25, 0.3) is 11.4 Å². The van der Waals surface area contributed by atoms with Crippen LogP contribution in [0, 0.1) is 0 Å². The Hall–Kier alpha value is -2.75. The van der Waals surface area contributed by atoms with Gasteiger partial charge in [-0.2, -0.15) is 18.2 Å². The van der Waals surface area contributed by atoms with E-state index in [1.807, 2.05) is 0 Å². The Bertz CT molecular complexity index is 866. The fourth-order valence-electron chi connectivity index (χ4n) is 3.16. The highest BCUT2D eigenvalue weighted by Gasteiger charge is 2.62. The van der Waals surface area contributed by atoms with Crippen molar-refractivity contribution in [3.63, 3.8) is 0 Å². The average molecular weight is 365 g/mol. The van der Waals surface area contributed by atoms with Crippen molar-refractivity contribution >= 4 is 0 Å². The lowest BCUT2D eigenvalue weighted by Crippen LogP contribution is -2.45. The molecule has 0 spiro atoms. The highest BCUT2D eigenvalue weighted by molar-refractivity contribution is 5.53. The van der Waals surface area contributed by atoms with Crippen LogP contribution in [-0.2, 0) is 12.0 Å². The summed E-state index contributed by atoms with van der Waals surface area (Å²) in [5.41, 5.74) is -1.13. The smallest absolute Gasteiger partial charge is 0.338 e. The van der Waals surface area contributed by atoms with E-state index < -0.39 is 17.5 Å². The van der Waals surface area contributed by atoms with Crippen LogP contribution in [0.2, 0.25) is 0 Å². The zero-order chi connectivity index (χ0) is 18.2. The summed E-state index contributed by atoms with van der Waals surface area (Å²) >= 11 is 0. The Kier molecular flexibility index (Phi) is 3.98. The number of hydrogen-bond donors (Lipinski definition) is 0. The van der Waals surface area contributed by atoms with E-state index in [0.29, 0.717) is 11.3 Å². The van der Waals surface area contributed by atoms with Gasteiger partial charge in [-0.3, -0.25) is 4.90 Å². The maximum absolute atomic E-state index is 14.0. The van der Waals surface area contributed by atoms with E-state index in [9.17, 15) is 13.2 Å². The number of aromatic nitrogens is 4. The van der Waals surface area contributed by atoms with Gasteiger partial charge in [0.15, 0.2) is 5.41 Å². The highest BCUT2D eigenvalue weighted by Crippen LogP contribution is 2.47. The lowest BCUT2D eigenvalue weighted by Gasteiger charge is -2.27. The van der Waals surface area contributed by atoms with E-state index in [2.05, 4.69) is 25.1 Å². The molecule has 1 unspecified atom stereocenters. The Balaban J connectivity index is 1.63. The molecule has 1 aliphatic rings. The van der Waals surface area contributed by atoms with E-state index in [1.54, 1.807) is 35.2 Å². The van der Waals surface area contributed by atoms with E-state index in [4.69, 9.17) is 4.52 Å². The zero-order valence-electron chi connectivity index (χ0n) is 13.5. The summed E-state index contributed by atoms with van der Waals surface area (Å²) < 4.78 is 51.4.